The van der Waals surface area contributed by atoms with Crippen LogP contribution >= 0.6 is 39.0 Å². The maximum Gasteiger partial charge on any atom is 0.356 e. The normalized spacial score (nSPS) is 18.9. The van der Waals surface area contributed by atoms with Crippen LogP contribution in [0.4, 0.5) is 0 Å². The maximum atomic E-state index is 13.7. The van der Waals surface area contributed by atoms with Gasteiger partial charge in [0.15, 0.2) is 6.10 Å². The van der Waals surface area contributed by atoms with Crippen LogP contribution in [0, 0.1) is 0 Å². The van der Waals surface area contributed by atoms with E-state index in [1.54, 1.807) is 11.8 Å². The molecule has 37 heavy (non-hydrogen) atoms. The predicted octanol–water partition coefficient (Wildman–Crippen LogP) is 5.06. The number of halogens is 1. The Kier molecular flexibility index (Phi) is 8.12. The third-order valence-corrected chi connectivity index (χ3v) is 8.91. The lowest BCUT2D eigenvalue weighted by molar-refractivity contribution is -0.154. The summed E-state index contributed by atoms with van der Waals surface area (Å²) >= 11 is 6.54. The molecule has 2 aliphatic heterocycles. The average molecular weight is 598 g/mol. The molecule has 2 aliphatic rings. The highest BCUT2D eigenvalue weighted by molar-refractivity contribution is 9.09. The Labute approximate surface area is 232 Å². The molecular weight excluding hydrogens is 572 g/mol. The largest absolute Gasteiger partial charge is 0.448 e. The van der Waals surface area contributed by atoms with Crippen molar-refractivity contribution in [3.05, 3.63) is 105 Å². The molecule has 0 unspecified atom stereocenters. The van der Waals surface area contributed by atoms with Crippen LogP contribution in [0.5, 0.6) is 0 Å². The van der Waals surface area contributed by atoms with Gasteiger partial charge in [0, 0.05) is 16.0 Å². The van der Waals surface area contributed by atoms with Crippen molar-refractivity contribution >= 4 is 56.8 Å². The number of ether oxygens (including phenoxy) is 1. The van der Waals surface area contributed by atoms with Crippen LogP contribution in [0.3, 0.4) is 0 Å². The Hall–Kier alpha value is -2.88. The zero-order valence-electron chi connectivity index (χ0n) is 19.8. The third kappa shape index (κ3) is 5.54. The molecular formula is C28H25BrN2O4S2. The van der Waals surface area contributed by atoms with Crippen LogP contribution in [0.25, 0.3) is 0 Å². The first kappa shape index (κ1) is 25.8. The number of nitrogens with one attached hydrogen (secondary N) is 1. The summed E-state index contributed by atoms with van der Waals surface area (Å²) in [5, 5.41) is 5.11. The lowest BCUT2D eigenvalue weighted by Crippen LogP contribution is -2.70. The van der Waals surface area contributed by atoms with Gasteiger partial charge in [-0.2, -0.15) is 0 Å². The van der Waals surface area contributed by atoms with Gasteiger partial charge in [-0.15, -0.1) is 23.1 Å². The molecule has 1 N–H and O–H groups in total. The number of alkyl halides is 1. The molecule has 3 heterocycles. The number of thioether (sulfide) groups is 1. The van der Waals surface area contributed by atoms with E-state index in [1.165, 1.54) is 16.2 Å². The molecule has 1 saturated heterocycles. The first-order valence-corrected chi connectivity index (χ1v) is 15.0. The minimum Gasteiger partial charge on any atom is -0.448 e. The molecule has 2 atom stereocenters. The molecule has 0 bridgehead atoms. The molecule has 1 fully saturated rings. The molecule has 3 aromatic rings. The fourth-order valence-electron chi connectivity index (χ4n) is 4.52. The Balaban J connectivity index is 1.37. The van der Waals surface area contributed by atoms with Crippen molar-refractivity contribution in [3.63, 3.8) is 0 Å². The van der Waals surface area contributed by atoms with Gasteiger partial charge in [-0.25, -0.2) is 4.79 Å². The molecule has 5 rings (SSSR count). The minimum absolute atomic E-state index is 0.200. The van der Waals surface area contributed by atoms with Gasteiger partial charge in [-0.1, -0.05) is 82.7 Å². The third-order valence-electron chi connectivity index (χ3n) is 6.30. The Morgan fingerprint density at radius 3 is 2.30 bits per heavy atom. The van der Waals surface area contributed by atoms with E-state index in [4.69, 9.17) is 4.74 Å². The highest BCUT2D eigenvalue weighted by atomic mass is 79.9. The van der Waals surface area contributed by atoms with E-state index in [0.717, 1.165) is 21.6 Å². The summed E-state index contributed by atoms with van der Waals surface area (Å²) in [6, 6.07) is 22.3. The summed E-state index contributed by atoms with van der Waals surface area (Å²) in [4.78, 5) is 42.0. The number of hydrogen-bond acceptors (Lipinski definition) is 6. The van der Waals surface area contributed by atoms with E-state index in [2.05, 4.69) is 21.2 Å². The second kappa shape index (κ2) is 11.7. The number of rotatable bonds is 9. The molecule has 0 radical (unpaired) electrons. The van der Waals surface area contributed by atoms with Crippen molar-refractivity contribution in [2.45, 2.75) is 30.4 Å². The summed E-state index contributed by atoms with van der Waals surface area (Å²) in [5.41, 5.74) is 2.86. The van der Waals surface area contributed by atoms with E-state index in [9.17, 15) is 14.4 Å². The summed E-state index contributed by atoms with van der Waals surface area (Å²) in [6.45, 7) is 0. The highest BCUT2D eigenvalue weighted by Gasteiger charge is 2.54. The molecule has 0 saturated carbocycles. The van der Waals surface area contributed by atoms with E-state index < -0.39 is 18.1 Å². The number of β-lactam (4-membered cyclic amide) rings is 1. The summed E-state index contributed by atoms with van der Waals surface area (Å²) < 4.78 is 6.12. The van der Waals surface area contributed by atoms with Gasteiger partial charge >= 0.3 is 5.97 Å². The Morgan fingerprint density at radius 1 is 1.03 bits per heavy atom. The topological polar surface area (TPSA) is 75.7 Å². The van der Waals surface area contributed by atoms with E-state index >= 15 is 0 Å². The average Bonchev–Trinajstić information content (AvgIpc) is 3.44. The van der Waals surface area contributed by atoms with Crippen LogP contribution in [0.15, 0.2) is 89.4 Å². The standard InChI is InChI=1S/C28H25BrN2O4S2/c29-14-13-20-17-37-27-23(30-22(32)16-21-12-7-15-36-21)26(33)31(27)24(20)28(34)35-25(18-8-3-1-4-9-18)19-10-5-2-6-11-19/h1-12,15,23,25,27H,13-14,16-17H2,(H,30,32)/t23-,27-/m1/s1. The fraction of sp³-hybridized carbons (Fsp3) is 0.250. The number of amides is 2. The number of hydrogen-bond donors (Lipinski definition) is 1. The Bertz CT molecular complexity index is 1260. The van der Waals surface area contributed by atoms with Crippen molar-refractivity contribution in [3.8, 4) is 0 Å². The summed E-state index contributed by atoms with van der Waals surface area (Å²) in [5.74, 6) is -0.431. The first-order valence-electron chi connectivity index (χ1n) is 11.9. The lowest BCUT2D eigenvalue weighted by atomic mass is 10.00. The van der Waals surface area contributed by atoms with Gasteiger partial charge in [0.2, 0.25) is 5.91 Å². The van der Waals surface area contributed by atoms with Crippen molar-refractivity contribution in [1.82, 2.24) is 10.2 Å². The maximum absolute atomic E-state index is 13.7. The number of thiophene rings is 1. The molecule has 1 aromatic heterocycles. The number of benzene rings is 2. The molecule has 0 spiro atoms. The van der Waals surface area contributed by atoms with E-state index in [0.29, 0.717) is 23.2 Å². The first-order chi connectivity index (χ1) is 18.1. The zero-order valence-corrected chi connectivity index (χ0v) is 23.1. The van der Waals surface area contributed by atoms with Gasteiger partial charge in [0.1, 0.15) is 17.1 Å². The smallest absolute Gasteiger partial charge is 0.356 e. The quantitative estimate of drug-likeness (QED) is 0.212. The molecule has 2 amide bonds. The number of esters is 1. The monoisotopic (exact) mass is 596 g/mol. The van der Waals surface area contributed by atoms with Gasteiger partial charge < -0.3 is 10.1 Å². The van der Waals surface area contributed by atoms with Gasteiger partial charge in [-0.3, -0.25) is 14.5 Å². The molecule has 190 valence electrons. The number of carbonyl (C=O) groups is 3. The number of fused-ring (bicyclic) bond motifs is 1. The molecule has 9 heteroatoms. The van der Waals surface area contributed by atoms with Crippen molar-refractivity contribution < 1.29 is 19.1 Å². The van der Waals surface area contributed by atoms with Crippen molar-refractivity contribution in [2.75, 3.05) is 11.1 Å². The van der Waals surface area contributed by atoms with Crippen LogP contribution in [-0.2, 0) is 25.5 Å². The van der Waals surface area contributed by atoms with Crippen LogP contribution in [-0.4, -0.2) is 45.2 Å². The summed E-state index contributed by atoms with van der Waals surface area (Å²) in [7, 11) is 0. The second-order valence-corrected chi connectivity index (χ2v) is 11.6. The summed E-state index contributed by atoms with van der Waals surface area (Å²) in [6.07, 6.45) is 0.233. The van der Waals surface area contributed by atoms with Crippen molar-refractivity contribution in [1.29, 1.82) is 0 Å². The number of carbonyl (C=O) groups excluding carboxylic acids is 3. The van der Waals surface area contributed by atoms with Crippen LogP contribution in [0.1, 0.15) is 28.5 Å². The van der Waals surface area contributed by atoms with E-state index in [-0.39, 0.29) is 23.6 Å². The molecule has 0 aliphatic carbocycles. The molecule has 2 aromatic carbocycles. The van der Waals surface area contributed by atoms with Crippen LogP contribution in [0.2, 0.25) is 0 Å². The second-order valence-electron chi connectivity index (χ2n) is 8.71. The Morgan fingerprint density at radius 2 is 1.70 bits per heavy atom. The van der Waals surface area contributed by atoms with Gasteiger partial charge in [-0.05, 0) is 34.6 Å². The lowest BCUT2D eigenvalue weighted by Gasteiger charge is -2.50. The number of nitrogens with zero attached hydrogens (tertiary/aromatic N) is 1. The SMILES string of the molecule is O=C(Cc1cccs1)N[C@@H]1C(=O)N2C(C(=O)OC(c3ccccc3)c3ccccc3)=C(CCBr)CS[C@H]12. The predicted molar refractivity (Wildman–Crippen MR) is 149 cm³/mol. The zero-order chi connectivity index (χ0) is 25.8. The highest BCUT2D eigenvalue weighted by Crippen LogP contribution is 2.42. The van der Waals surface area contributed by atoms with Gasteiger partial charge in [0.25, 0.3) is 5.91 Å². The van der Waals surface area contributed by atoms with Crippen molar-refractivity contribution in [2.24, 2.45) is 0 Å². The molecule has 6 nitrogen and oxygen atoms in total. The minimum atomic E-state index is -0.662. The van der Waals surface area contributed by atoms with Gasteiger partial charge in [0.05, 0.1) is 6.42 Å². The fourth-order valence-corrected chi connectivity index (χ4v) is 7.09. The van der Waals surface area contributed by atoms with Crippen LogP contribution < -0.4 is 5.32 Å². The van der Waals surface area contributed by atoms with E-state index in [1.807, 2.05) is 78.2 Å².